The molecule has 0 saturated heterocycles. The number of benzene rings is 1. The molecule has 6 nitrogen and oxygen atoms in total. The first-order valence-corrected chi connectivity index (χ1v) is 12.2. The third-order valence-electron chi connectivity index (χ3n) is 6.34. The summed E-state index contributed by atoms with van der Waals surface area (Å²) in [5.41, 5.74) is 12.3. The molecule has 0 radical (unpaired) electrons. The number of nitrogen functional groups attached to an aromatic ring is 1. The summed E-state index contributed by atoms with van der Waals surface area (Å²) in [6.45, 7) is 13.3. The van der Waals surface area contributed by atoms with Crippen molar-refractivity contribution in [2.75, 3.05) is 5.73 Å². The predicted octanol–water partition coefficient (Wildman–Crippen LogP) is 6.30. The molecule has 0 fully saturated rings. The molecule has 4 rings (SSSR count). The van der Waals surface area contributed by atoms with Gasteiger partial charge in [0.2, 0.25) is 0 Å². The first-order chi connectivity index (χ1) is 16.5. The Morgan fingerprint density at radius 2 is 2.06 bits per heavy atom. The summed E-state index contributed by atoms with van der Waals surface area (Å²) >= 11 is 0. The lowest BCUT2D eigenvalue weighted by Crippen LogP contribution is -2.30. The number of pyridine rings is 1. The zero-order chi connectivity index (χ0) is 25.3. The van der Waals surface area contributed by atoms with Gasteiger partial charge in [-0.15, -0.1) is 0 Å². The Kier molecular flexibility index (Phi) is 6.97. The highest BCUT2D eigenvalue weighted by Crippen LogP contribution is 2.39. The molecule has 0 amide bonds. The van der Waals surface area contributed by atoms with E-state index in [1.807, 2.05) is 32.9 Å². The maximum absolute atomic E-state index is 10.4. The molecule has 184 valence electrons. The Labute approximate surface area is 207 Å². The second kappa shape index (κ2) is 9.80. The van der Waals surface area contributed by atoms with Gasteiger partial charge in [-0.05, 0) is 82.4 Å². The van der Waals surface area contributed by atoms with E-state index in [-0.39, 0.29) is 12.1 Å². The monoisotopic (exact) mass is 472 g/mol. The zero-order valence-electron chi connectivity index (χ0n) is 21.4. The van der Waals surface area contributed by atoms with Crippen molar-refractivity contribution in [2.45, 2.75) is 71.8 Å². The average Bonchev–Trinajstić information content (AvgIpc) is 3.34. The average molecular weight is 473 g/mol. The molecule has 0 spiro atoms. The first-order valence-electron chi connectivity index (χ1n) is 12.2. The molecule has 2 atom stereocenters. The number of aliphatic imine (C=N–C) groups is 1. The number of nitrogens with zero attached hydrogens (tertiary/aromatic N) is 3. The lowest BCUT2D eigenvalue weighted by Gasteiger charge is -2.26. The van der Waals surface area contributed by atoms with Crippen LogP contribution in [0.25, 0.3) is 17.0 Å². The first kappa shape index (κ1) is 24.9. The van der Waals surface area contributed by atoms with Gasteiger partial charge in [-0.2, -0.15) is 0 Å². The third-order valence-corrected chi connectivity index (χ3v) is 6.34. The molecule has 3 N–H and O–H groups in total. The Morgan fingerprint density at radius 3 is 2.74 bits per heavy atom. The van der Waals surface area contributed by atoms with Crippen LogP contribution >= 0.6 is 0 Å². The van der Waals surface area contributed by atoms with E-state index in [9.17, 15) is 5.11 Å². The number of aliphatic hydroxyl groups is 1. The van der Waals surface area contributed by atoms with Crippen molar-refractivity contribution in [2.24, 2.45) is 4.99 Å². The molecule has 0 aliphatic heterocycles. The second-order valence-corrected chi connectivity index (χ2v) is 10.1. The summed E-state index contributed by atoms with van der Waals surface area (Å²) in [5.74, 6) is 0.254. The van der Waals surface area contributed by atoms with Crippen LogP contribution in [0.15, 0.2) is 59.7 Å². The SMILES string of the molecule is C=Cc1ccn(C2C=C(CCc3ccc4cc(C)c(N)nc4c3)[C@@H](OC(C)(C)O)C2)c1N=C(C)C. The zero-order valence-corrected chi connectivity index (χ0v) is 21.4. The molecule has 2 aromatic heterocycles. The molecule has 2 heterocycles. The minimum Gasteiger partial charge on any atom is -0.383 e. The van der Waals surface area contributed by atoms with Gasteiger partial charge in [0.25, 0.3) is 0 Å². The largest absolute Gasteiger partial charge is 0.383 e. The van der Waals surface area contributed by atoms with Crippen LogP contribution in [0, 0.1) is 6.92 Å². The molecule has 0 bridgehead atoms. The lowest BCUT2D eigenvalue weighted by molar-refractivity contribution is -0.197. The quantitative estimate of drug-likeness (QED) is 0.229. The van der Waals surface area contributed by atoms with Crippen LogP contribution in [-0.4, -0.2) is 32.3 Å². The van der Waals surface area contributed by atoms with Gasteiger partial charge in [0.15, 0.2) is 5.79 Å². The summed E-state index contributed by atoms with van der Waals surface area (Å²) < 4.78 is 8.28. The van der Waals surface area contributed by atoms with Crippen molar-refractivity contribution in [3.05, 3.63) is 71.4 Å². The maximum atomic E-state index is 10.4. The summed E-state index contributed by atoms with van der Waals surface area (Å²) in [6.07, 6.45) is 8.41. The van der Waals surface area contributed by atoms with Crippen LogP contribution in [0.4, 0.5) is 11.6 Å². The van der Waals surface area contributed by atoms with Crippen LogP contribution in [0.2, 0.25) is 0 Å². The second-order valence-electron chi connectivity index (χ2n) is 10.1. The van der Waals surface area contributed by atoms with Gasteiger partial charge in [-0.25, -0.2) is 9.98 Å². The van der Waals surface area contributed by atoms with Crippen LogP contribution in [0.1, 0.15) is 63.3 Å². The molecule has 1 unspecified atom stereocenters. The van der Waals surface area contributed by atoms with Crippen LogP contribution < -0.4 is 5.73 Å². The summed E-state index contributed by atoms with van der Waals surface area (Å²) in [6, 6.07) is 10.6. The number of rotatable bonds is 8. The summed E-state index contributed by atoms with van der Waals surface area (Å²) in [7, 11) is 0. The molecule has 6 heteroatoms. The number of aromatic nitrogens is 2. The molecular weight excluding hydrogens is 436 g/mol. The number of allylic oxidation sites excluding steroid dienone is 1. The molecule has 1 aliphatic carbocycles. The van der Waals surface area contributed by atoms with Crippen molar-refractivity contribution < 1.29 is 9.84 Å². The topological polar surface area (TPSA) is 85.7 Å². The number of fused-ring (bicyclic) bond motifs is 1. The van der Waals surface area contributed by atoms with Crippen molar-refractivity contribution in [3.8, 4) is 0 Å². The minimum absolute atomic E-state index is 0.0881. The fraction of sp³-hybridized carbons (Fsp3) is 0.379. The molecule has 1 aromatic carbocycles. The van der Waals surface area contributed by atoms with Crippen molar-refractivity contribution in [3.63, 3.8) is 0 Å². The minimum atomic E-state index is -1.22. The van der Waals surface area contributed by atoms with Gasteiger partial charge >= 0.3 is 0 Å². The van der Waals surface area contributed by atoms with Crippen LogP contribution in [-0.2, 0) is 11.2 Å². The van der Waals surface area contributed by atoms with E-state index in [0.717, 1.165) is 52.8 Å². The highest BCUT2D eigenvalue weighted by molar-refractivity contribution is 5.83. The number of nitrogens with two attached hydrogens (primary N) is 1. The normalized spacial score (nSPS) is 18.1. The maximum Gasteiger partial charge on any atom is 0.160 e. The Balaban J connectivity index is 1.61. The van der Waals surface area contributed by atoms with Crippen LogP contribution in [0.3, 0.4) is 0 Å². The number of anilines is 1. The highest BCUT2D eigenvalue weighted by Gasteiger charge is 2.32. The lowest BCUT2D eigenvalue weighted by atomic mass is 10.0. The van der Waals surface area contributed by atoms with E-state index in [1.165, 1.54) is 11.1 Å². The van der Waals surface area contributed by atoms with Crippen LogP contribution in [0.5, 0.6) is 0 Å². The number of hydrogen-bond acceptors (Lipinski definition) is 5. The summed E-state index contributed by atoms with van der Waals surface area (Å²) in [5, 5.41) is 11.5. The van der Waals surface area contributed by atoms with Gasteiger partial charge in [0.1, 0.15) is 11.6 Å². The van der Waals surface area contributed by atoms with Gasteiger partial charge in [0, 0.05) is 29.3 Å². The number of aryl methyl sites for hydroxylation is 2. The number of ether oxygens (including phenoxy) is 1. The fourth-order valence-electron chi connectivity index (χ4n) is 4.70. The van der Waals surface area contributed by atoms with E-state index < -0.39 is 5.79 Å². The van der Waals surface area contributed by atoms with E-state index in [4.69, 9.17) is 15.5 Å². The van der Waals surface area contributed by atoms with Gasteiger partial charge in [0.05, 0.1) is 17.7 Å². The summed E-state index contributed by atoms with van der Waals surface area (Å²) in [4.78, 5) is 9.32. The van der Waals surface area contributed by atoms with Gasteiger partial charge < -0.3 is 20.1 Å². The van der Waals surface area contributed by atoms with Crippen molar-refractivity contribution in [1.29, 1.82) is 0 Å². The molecule has 3 aromatic rings. The predicted molar refractivity (Wildman–Crippen MR) is 145 cm³/mol. The molecule has 1 aliphatic rings. The standard InChI is InChI=1S/C29H36N4O2/c1-7-21-12-13-33(28(21)31-18(2)3)24-16-23(26(17-24)35-29(5,6)34)11-9-20-8-10-22-14-19(4)27(30)32-25(22)15-20/h7-8,10,12-16,24,26,34H,1,9,11,17H2,2-6H3,(H2,30,32)/t24?,26-/m0/s1. The van der Waals surface area contributed by atoms with E-state index in [0.29, 0.717) is 5.82 Å². The molecule has 0 saturated carbocycles. The van der Waals surface area contributed by atoms with E-state index in [1.54, 1.807) is 13.8 Å². The third kappa shape index (κ3) is 5.72. The Hall–Kier alpha value is -3.22. The molecular formula is C29H36N4O2. The van der Waals surface area contributed by atoms with Gasteiger partial charge in [-0.3, -0.25) is 0 Å². The Morgan fingerprint density at radius 1 is 1.29 bits per heavy atom. The van der Waals surface area contributed by atoms with Crippen molar-refractivity contribution >= 4 is 34.3 Å². The van der Waals surface area contributed by atoms with E-state index >= 15 is 0 Å². The number of hydrogen-bond donors (Lipinski definition) is 2. The van der Waals surface area contributed by atoms with Crippen molar-refractivity contribution in [1.82, 2.24) is 9.55 Å². The Bertz CT molecular complexity index is 1310. The highest BCUT2D eigenvalue weighted by atomic mass is 16.6. The fourth-order valence-corrected chi connectivity index (χ4v) is 4.70. The van der Waals surface area contributed by atoms with E-state index in [2.05, 4.69) is 52.7 Å². The van der Waals surface area contributed by atoms with Gasteiger partial charge in [-0.1, -0.05) is 30.9 Å². The molecule has 35 heavy (non-hydrogen) atoms. The smallest absolute Gasteiger partial charge is 0.160 e.